The number of halogens is 1. The molecule has 0 unspecified atom stereocenters. The van der Waals surface area contributed by atoms with Gasteiger partial charge in [-0.3, -0.25) is 4.90 Å². The molecule has 0 saturated carbocycles. The molecule has 29 heavy (non-hydrogen) atoms. The van der Waals surface area contributed by atoms with Crippen LogP contribution in [0.1, 0.15) is 11.1 Å². The highest BCUT2D eigenvalue weighted by molar-refractivity contribution is 7.89. The summed E-state index contributed by atoms with van der Waals surface area (Å²) in [6, 6.07) is 6.72. The van der Waals surface area contributed by atoms with Gasteiger partial charge < -0.3 is 10.1 Å². The van der Waals surface area contributed by atoms with Gasteiger partial charge in [-0.15, -0.1) is 0 Å². The van der Waals surface area contributed by atoms with Crippen LogP contribution in [0, 0.1) is 5.82 Å². The van der Waals surface area contributed by atoms with E-state index in [4.69, 9.17) is 9.88 Å². The number of sulfonamides is 1. The number of nitrogens with two attached hydrogens (primary N) is 1. The molecular formula is C18H16FN5O4S. The molecule has 3 heterocycles. The third-order valence-electron chi connectivity index (χ3n) is 4.56. The zero-order valence-electron chi connectivity index (χ0n) is 15.2. The molecule has 2 amide bonds. The summed E-state index contributed by atoms with van der Waals surface area (Å²) >= 11 is 0. The Morgan fingerprint density at radius 2 is 2.03 bits per heavy atom. The van der Waals surface area contributed by atoms with Crippen molar-refractivity contribution in [3.05, 3.63) is 53.5 Å². The van der Waals surface area contributed by atoms with Crippen LogP contribution < -0.4 is 20.1 Å². The first-order valence-electron chi connectivity index (χ1n) is 8.47. The number of amides is 2. The second-order valence-corrected chi connectivity index (χ2v) is 7.98. The first-order valence-corrected chi connectivity index (χ1v) is 10.0. The number of nitrogens with one attached hydrogen (secondary N) is 1. The van der Waals surface area contributed by atoms with Gasteiger partial charge >= 0.3 is 6.03 Å². The van der Waals surface area contributed by atoms with Gasteiger partial charge in [-0.05, 0) is 23.8 Å². The minimum absolute atomic E-state index is 0.0299. The molecule has 3 N–H and O–H groups in total. The van der Waals surface area contributed by atoms with E-state index in [1.54, 1.807) is 18.3 Å². The average molecular weight is 417 g/mol. The van der Waals surface area contributed by atoms with Crippen molar-refractivity contribution in [1.82, 2.24) is 15.3 Å². The van der Waals surface area contributed by atoms with Gasteiger partial charge in [0.1, 0.15) is 0 Å². The number of anilines is 1. The summed E-state index contributed by atoms with van der Waals surface area (Å²) in [5.41, 5.74) is 2.09. The number of pyridine rings is 2. The lowest BCUT2D eigenvalue weighted by Crippen LogP contribution is -2.44. The molecule has 0 atom stereocenters. The monoisotopic (exact) mass is 417 g/mol. The van der Waals surface area contributed by atoms with Gasteiger partial charge in [0.05, 0.1) is 24.2 Å². The minimum Gasteiger partial charge on any atom is -0.479 e. The minimum atomic E-state index is -3.82. The smallest absolute Gasteiger partial charge is 0.322 e. The van der Waals surface area contributed by atoms with Gasteiger partial charge in [-0.2, -0.15) is 4.98 Å². The number of carbonyl (C=O) groups excluding carboxylic acids is 1. The highest BCUT2D eigenvalue weighted by Gasteiger charge is 2.28. The normalized spacial score (nSPS) is 13.9. The first kappa shape index (κ1) is 19.0. The number of primary sulfonamides is 1. The van der Waals surface area contributed by atoms with E-state index in [0.717, 1.165) is 0 Å². The summed E-state index contributed by atoms with van der Waals surface area (Å²) in [5.74, 6) is -0.853. The third-order valence-corrected chi connectivity index (χ3v) is 5.49. The van der Waals surface area contributed by atoms with E-state index in [2.05, 4.69) is 15.3 Å². The number of benzene rings is 1. The SMILES string of the molecule is COc1nc2ncc3c(c2cc1F)N(Cc1ccc(S(N)(=O)=O)cc1)C(=O)NC3. The van der Waals surface area contributed by atoms with Crippen LogP contribution in [0.4, 0.5) is 14.9 Å². The summed E-state index contributed by atoms with van der Waals surface area (Å²) in [5, 5.41) is 8.22. The predicted octanol–water partition coefficient (Wildman–Crippen LogP) is 1.65. The Hall–Kier alpha value is -3.31. The van der Waals surface area contributed by atoms with Crippen molar-refractivity contribution in [2.24, 2.45) is 5.14 Å². The van der Waals surface area contributed by atoms with E-state index in [0.29, 0.717) is 22.2 Å². The Morgan fingerprint density at radius 3 is 2.69 bits per heavy atom. The maximum absolute atomic E-state index is 14.3. The zero-order valence-corrected chi connectivity index (χ0v) is 16.0. The molecule has 2 aromatic heterocycles. The van der Waals surface area contributed by atoms with Crippen molar-refractivity contribution >= 4 is 32.8 Å². The lowest BCUT2D eigenvalue weighted by molar-refractivity contribution is 0.244. The molecule has 0 bridgehead atoms. The Kier molecular flexibility index (Phi) is 4.55. The molecule has 1 aliphatic heterocycles. The molecule has 0 spiro atoms. The van der Waals surface area contributed by atoms with Crippen LogP contribution in [0.5, 0.6) is 5.88 Å². The number of urea groups is 1. The molecule has 1 aliphatic rings. The van der Waals surface area contributed by atoms with Crippen molar-refractivity contribution in [2.45, 2.75) is 18.0 Å². The van der Waals surface area contributed by atoms with E-state index >= 15 is 0 Å². The Morgan fingerprint density at radius 1 is 1.31 bits per heavy atom. The van der Waals surface area contributed by atoms with Crippen molar-refractivity contribution in [2.75, 3.05) is 12.0 Å². The van der Waals surface area contributed by atoms with Gasteiger partial charge in [0.15, 0.2) is 11.5 Å². The van der Waals surface area contributed by atoms with Crippen LogP contribution >= 0.6 is 0 Å². The van der Waals surface area contributed by atoms with Crippen LogP contribution in [-0.2, 0) is 23.1 Å². The number of methoxy groups -OCH3 is 1. The van der Waals surface area contributed by atoms with E-state index < -0.39 is 15.8 Å². The lowest BCUT2D eigenvalue weighted by atomic mass is 10.1. The van der Waals surface area contributed by atoms with E-state index in [1.807, 2.05) is 0 Å². The largest absolute Gasteiger partial charge is 0.479 e. The molecule has 0 saturated heterocycles. The maximum atomic E-state index is 14.3. The number of nitrogens with zero attached hydrogens (tertiary/aromatic N) is 3. The highest BCUT2D eigenvalue weighted by atomic mass is 32.2. The molecule has 0 aliphatic carbocycles. The van der Waals surface area contributed by atoms with Gasteiger partial charge in [0, 0.05) is 23.7 Å². The number of hydrogen-bond acceptors (Lipinski definition) is 6. The average Bonchev–Trinajstić information content (AvgIpc) is 2.69. The summed E-state index contributed by atoms with van der Waals surface area (Å²) in [6.45, 7) is 0.363. The fraction of sp³-hybridized carbons (Fsp3) is 0.167. The number of hydrogen-bond donors (Lipinski definition) is 2. The number of carbonyl (C=O) groups is 1. The Labute approximate surface area is 165 Å². The zero-order chi connectivity index (χ0) is 20.8. The van der Waals surface area contributed by atoms with Crippen LogP contribution in [0.25, 0.3) is 11.0 Å². The first-order chi connectivity index (χ1) is 13.8. The predicted molar refractivity (Wildman–Crippen MR) is 102 cm³/mol. The number of aromatic nitrogens is 2. The standard InChI is InChI=1S/C18H16FN5O4S/c1-28-17-14(19)6-13-15-11(7-21-16(13)23-17)8-22-18(25)24(15)9-10-2-4-12(5-3-10)29(20,26)27/h2-7H,8-9H2,1H3,(H,22,25)(H2,20,26,27). The van der Waals surface area contributed by atoms with Crippen molar-refractivity contribution < 1.29 is 22.3 Å². The molecule has 9 nitrogen and oxygen atoms in total. The lowest BCUT2D eigenvalue weighted by Gasteiger charge is -2.31. The molecule has 150 valence electrons. The maximum Gasteiger partial charge on any atom is 0.322 e. The number of ether oxygens (including phenoxy) is 1. The molecule has 4 rings (SSSR count). The van der Waals surface area contributed by atoms with Gasteiger partial charge in [0.2, 0.25) is 10.0 Å². The van der Waals surface area contributed by atoms with E-state index in [-0.39, 0.29) is 35.5 Å². The Bertz CT molecular complexity index is 1230. The quantitative estimate of drug-likeness (QED) is 0.664. The summed E-state index contributed by atoms with van der Waals surface area (Å²) in [4.78, 5) is 22.3. The molecular weight excluding hydrogens is 401 g/mol. The third kappa shape index (κ3) is 3.45. The van der Waals surface area contributed by atoms with Crippen LogP contribution in [0.3, 0.4) is 0 Å². The van der Waals surface area contributed by atoms with E-state index in [9.17, 15) is 17.6 Å². The number of rotatable bonds is 4. The molecule has 0 fully saturated rings. The molecule has 0 radical (unpaired) electrons. The summed E-state index contributed by atoms with van der Waals surface area (Å²) in [7, 11) is -2.51. The summed E-state index contributed by atoms with van der Waals surface area (Å²) < 4.78 is 42.0. The van der Waals surface area contributed by atoms with Crippen LogP contribution in [0.15, 0.2) is 41.4 Å². The molecule has 11 heteroatoms. The van der Waals surface area contributed by atoms with Gasteiger partial charge in [-0.25, -0.2) is 27.7 Å². The fourth-order valence-corrected chi connectivity index (χ4v) is 3.70. The topological polar surface area (TPSA) is 128 Å². The highest BCUT2D eigenvalue weighted by Crippen LogP contribution is 2.34. The van der Waals surface area contributed by atoms with Crippen molar-refractivity contribution in [1.29, 1.82) is 0 Å². The van der Waals surface area contributed by atoms with E-state index in [1.165, 1.54) is 30.2 Å². The fourth-order valence-electron chi connectivity index (χ4n) is 3.19. The van der Waals surface area contributed by atoms with Crippen molar-refractivity contribution in [3.63, 3.8) is 0 Å². The second-order valence-electron chi connectivity index (χ2n) is 6.42. The summed E-state index contributed by atoms with van der Waals surface area (Å²) in [6.07, 6.45) is 1.57. The van der Waals surface area contributed by atoms with Gasteiger partial charge in [0.25, 0.3) is 5.88 Å². The van der Waals surface area contributed by atoms with Crippen molar-refractivity contribution in [3.8, 4) is 5.88 Å². The number of fused-ring (bicyclic) bond motifs is 3. The molecule has 3 aromatic rings. The Balaban J connectivity index is 1.79. The second kappa shape index (κ2) is 6.94. The molecule has 1 aromatic carbocycles. The van der Waals surface area contributed by atoms with Crippen LogP contribution in [0.2, 0.25) is 0 Å². The van der Waals surface area contributed by atoms with Crippen LogP contribution in [-0.4, -0.2) is 31.5 Å². The van der Waals surface area contributed by atoms with Gasteiger partial charge in [-0.1, -0.05) is 12.1 Å².